The van der Waals surface area contributed by atoms with Gasteiger partial charge in [0.25, 0.3) is 0 Å². The summed E-state index contributed by atoms with van der Waals surface area (Å²) in [6.07, 6.45) is 4.17. The normalized spacial score (nSPS) is 12.0. The monoisotopic (exact) mass is 286 g/mol. The maximum atomic E-state index is 11.8. The van der Waals surface area contributed by atoms with Crippen LogP contribution < -0.4 is 10.6 Å². The summed E-state index contributed by atoms with van der Waals surface area (Å²) in [5.74, 6) is 0.0675. The van der Waals surface area contributed by atoms with Gasteiger partial charge in [-0.15, -0.1) is 0 Å². The van der Waals surface area contributed by atoms with E-state index in [0.717, 1.165) is 18.7 Å². The highest BCUT2D eigenvalue weighted by molar-refractivity contribution is 5.76. The van der Waals surface area contributed by atoms with Gasteiger partial charge in [-0.2, -0.15) is 5.10 Å². The van der Waals surface area contributed by atoms with Crippen molar-refractivity contribution in [1.82, 2.24) is 20.4 Å². The van der Waals surface area contributed by atoms with Gasteiger partial charge in [-0.3, -0.25) is 9.48 Å². The number of hydrogen-bond donors (Lipinski definition) is 2. The van der Waals surface area contributed by atoms with Gasteiger partial charge in [0.05, 0.1) is 12.6 Å². The van der Waals surface area contributed by atoms with E-state index in [-0.39, 0.29) is 11.9 Å². The Hall–Kier alpha value is -2.14. The lowest BCUT2D eigenvalue weighted by atomic mass is 10.1. The van der Waals surface area contributed by atoms with Crippen molar-refractivity contribution in [3.8, 4) is 0 Å². The lowest BCUT2D eigenvalue weighted by molar-refractivity contribution is -0.121. The van der Waals surface area contributed by atoms with Gasteiger partial charge in [0.1, 0.15) is 0 Å². The Balaban J connectivity index is 1.59. The maximum absolute atomic E-state index is 11.8. The number of nitrogens with one attached hydrogen (secondary N) is 2. The van der Waals surface area contributed by atoms with E-state index in [0.29, 0.717) is 13.0 Å². The first-order valence-corrected chi connectivity index (χ1v) is 7.28. The fourth-order valence-electron chi connectivity index (χ4n) is 2.09. The number of benzene rings is 1. The first-order chi connectivity index (χ1) is 10.3. The molecule has 5 heteroatoms. The Bertz CT molecular complexity index is 524. The molecule has 2 N–H and O–H groups in total. The zero-order chi connectivity index (χ0) is 14.9. The Kier molecular flexibility index (Phi) is 5.97. The van der Waals surface area contributed by atoms with E-state index in [9.17, 15) is 4.79 Å². The Labute approximate surface area is 125 Å². The standard InChI is InChI=1S/C16H22N4O/c1-14(15-6-3-2-4-7-15)19-16(21)8-10-17-11-13-20-12-5-9-18-20/h2-7,9,12,14,17H,8,10-11,13H2,1H3,(H,19,21). The van der Waals surface area contributed by atoms with E-state index in [2.05, 4.69) is 15.7 Å². The van der Waals surface area contributed by atoms with E-state index < -0.39 is 0 Å². The zero-order valence-electron chi connectivity index (χ0n) is 12.3. The SMILES string of the molecule is CC(NC(=O)CCNCCn1cccn1)c1ccccc1. The molecule has 1 aromatic carbocycles. The predicted octanol–water partition coefficient (Wildman–Crippen LogP) is 1.74. The quantitative estimate of drug-likeness (QED) is 0.727. The molecular formula is C16H22N4O. The lowest BCUT2D eigenvalue weighted by Gasteiger charge is -2.14. The van der Waals surface area contributed by atoms with Crippen molar-refractivity contribution >= 4 is 5.91 Å². The first-order valence-electron chi connectivity index (χ1n) is 7.28. The van der Waals surface area contributed by atoms with Crippen LogP contribution in [-0.2, 0) is 11.3 Å². The van der Waals surface area contributed by atoms with E-state index >= 15 is 0 Å². The molecule has 5 nitrogen and oxygen atoms in total. The number of nitrogens with zero attached hydrogens (tertiary/aromatic N) is 2. The van der Waals surface area contributed by atoms with E-state index in [4.69, 9.17) is 0 Å². The summed E-state index contributed by atoms with van der Waals surface area (Å²) in [5.41, 5.74) is 1.12. The molecule has 1 aromatic heterocycles. The van der Waals surface area contributed by atoms with Crippen LogP contribution in [0.4, 0.5) is 0 Å². The van der Waals surface area contributed by atoms with Crippen molar-refractivity contribution in [2.24, 2.45) is 0 Å². The van der Waals surface area contributed by atoms with Gasteiger partial charge in [0, 0.05) is 31.9 Å². The van der Waals surface area contributed by atoms with Crippen LogP contribution in [0.1, 0.15) is 24.9 Å². The number of aromatic nitrogens is 2. The summed E-state index contributed by atoms with van der Waals surface area (Å²) < 4.78 is 1.87. The van der Waals surface area contributed by atoms with Crippen LogP contribution in [0.5, 0.6) is 0 Å². The van der Waals surface area contributed by atoms with Crippen LogP contribution in [0.15, 0.2) is 48.8 Å². The Morgan fingerprint density at radius 1 is 1.24 bits per heavy atom. The van der Waals surface area contributed by atoms with Crippen molar-refractivity contribution in [2.45, 2.75) is 25.9 Å². The molecule has 0 aliphatic carbocycles. The maximum Gasteiger partial charge on any atom is 0.221 e. The summed E-state index contributed by atoms with van der Waals surface area (Å²) in [7, 11) is 0. The van der Waals surface area contributed by atoms with Crippen LogP contribution in [0.25, 0.3) is 0 Å². The fraction of sp³-hybridized carbons (Fsp3) is 0.375. The third-order valence-electron chi connectivity index (χ3n) is 3.28. The molecule has 0 saturated heterocycles. The van der Waals surface area contributed by atoms with Crippen LogP contribution in [0, 0.1) is 0 Å². The molecule has 0 spiro atoms. The molecule has 0 aliphatic rings. The second-order valence-electron chi connectivity index (χ2n) is 4.97. The van der Waals surface area contributed by atoms with Crippen molar-refractivity contribution < 1.29 is 4.79 Å². The smallest absolute Gasteiger partial charge is 0.221 e. The lowest BCUT2D eigenvalue weighted by Crippen LogP contribution is -2.30. The Morgan fingerprint density at radius 2 is 2.05 bits per heavy atom. The summed E-state index contributed by atoms with van der Waals surface area (Å²) in [6.45, 7) is 4.30. The third-order valence-corrected chi connectivity index (χ3v) is 3.28. The van der Waals surface area contributed by atoms with Crippen molar-refractivity contribution in [3.63, 3.8) is 0 Å². The topological polar surface area (TPSA) is 59.0 Å². The summed E-state index contributed by atoms with van der Waals surface area (Å²) in [4.78, 5) is 11.8. The van der Waals surface area contributed by atoms with Gasteiger partial charge in [0.2, 0.25) is 5.91 Å². The minimum Gasteiger partial charge on any atom is -0.350 e. The zero-order valence-corrected chi connectivity index (χ0v) is 12.3. The largest absolute Gasteiger partial charge is 0.350 e. The molecule has 21 heavy (non-hydrogen) atoms. The molecule has 0 radical (unpaired) electrons. The molecule has 2 aromatic rings. The molecule has 1 unspecified atom stereocenters. The molecular weight excluding hydrogens is 264 g/mol. The van der Waals surface area contributed by atoms with Gasteiger partial charge in [-0.1, -0.05) is 30.3 Å². The van der Waals surface area contributed by atoms with Crippen molar-refractivity contribution in [2.75, 3.05) is 13.1 Å². The molecule has 1 amide bonds. The number of carbonyl (C=O) groups excluding carboxylic acids is 1. The van der Waals surface area contributed by atoms with Crippen molar-refractivity contribution in [3.05, 3.63) is 54.4 Å². The molecule has 2 rings (SSSR count). The summed E-state index contributed by atoms with van der Waals surface area (Å²) >= 11 is 0. The van der Waals surface area contributed by atoms with Gasteiger partial charge in [-0.25, -0.2) is 0 Å². The van der Waals surface area contributed by atoms with Gasteiger partial charge >= 0.3 is 0 Å². The predicted molar refractivity (Wildman–Crippen MR) is 82.7 cm³/mol. The average molecular weight is 286 g/mol. The van der Waals surface area contributed by atoms with Crippen molar-refractivity contribution in [1.29, 1.82) is 0 Å². The second kappa shape index (κ2) is 8.21. The highest BCUT2D eigenvalue weighted by atomic mass is 16.1. The first kappa shape index (κ1) is 15.3. The molecule has 0 aliphatic heterocycles. The Morgan fingerprint density at radius 3 is 2.76 bits per heavy atom. The van der Waals surface area contributed by atoms with Gasteiger partial charge in [-0.05, 0) is 18.6 Å². The van der Waals surface area contributed by atoms with E-state index in [1.807, 2.05) is 54.2 Å². The molecule has 0 fully saturated rings. The summed E-state index contributed by atoms with van der Waals surface area (Å²) in [6, 6.07) is 11.9. The van der Waals surface area contributed by atoms with E-state index in [1.54, 1.807) is 6.20 Å². The minimum absolute atomic E-state index is 0.0442. The number of rotatable bonds is 8. The molecule has 1 atom stereocenters. The van der Waals surface area contributed by atoms with Crippen LogP contribution >= 0.6 is 0 Å². The van der Waals surface area contributed by atoms with Crippen LogP contribution in [0.2, 0.25) is 0 Å². The number of carbonyl (C=O) groups is 1. The summed E-state index contributed by atoms with van der Waals surface area (Å²) in [5, 5.41) is 10.4. The van der Waals surface area contributed by atoms with Crippen LogP contribution in [0.3, 0.4) is 0 Å². The van der Waals surface area contributed by atoms with Gasteiger partial charge in [0.15, 0.2) is 0 Å². The molecule has 112 valence electrons. The highest BCUT2D eigenvalue weighted by Gasteiger charge is 2.08. The average Bonchev–Trinajstić information content (AvgIpc) is 3.01. The molecule has 0 saturated carbocycles. The number of amides is 1. The fourth-order valence-corrected chi connectivity index (χ4v) is 2.09. The highest BCUT2D eigenvalue weighted by Crippen LogP contribution is 2.10. The van der Waals surface area contributed by atoms with E-state index in [1.165, 1.54) is 0 Å². The number of hydrogen-bond acceptors (Lipinski definition) is 3. The van der Waals surface area contributed by atoms with Crippen LogP contribution in [-0.4, -0.2) is 28.8 Å². The third kappa shape index (κ3) is 5.39. The molecule has 1 heterocycles. The van der Waals surface area contributed by atoms with Gasteiger partial charge < -0.3 is 10.6 Å². The second-order valence-corrected chi connectivity index (χ2v) is 4.97. The minimum atomic E-state index is 0.0442. The molecule has 0 bridgehead atoms.